The Morgan fingerprint density at radius 2 is 0.684 bits per heavy atom. The van der Waals surface area contributed by atoms with Crippen LogP contribution in [-0.2, 0) is 0 Å². The van der Waals surface area contributed by atoms with Gasteiger partial charge in [-0.1, -0.05) is 133 Å². The van der Waals surface area contributed by atoms with E-state index in [2.05, 4.69) is 214 Å². The number of hydrogen-bond donors (Lipinski definition) is 0. The quantitative estimate of drug-likeness (QED) is 0.161. The molecule has 0 atom stereocenters. The first-order valence-corrected chi connectivity index (χ1v) is 19.7. The van der Waals surface area contributed by atoms with Crippen molar-refractivity contribution in [2.45, 2.75) is 0 Å². The van der Waals surface area contributed by atoms with Crippen molar-refractivity contribution in [3.63, 3.8) is 0 Å². The van der Waals surface area contributed by atoms with E-state index in [0.717, 1.165) is 17.1 Å². The molecule has 57 heavy (non-hydrogen) atoms. The van der Waals surface area contributed by atoms with Gasteiger partial charge in [-0.25, -0.2) is 0 Å². The first kappa shape index (κ1) is 30.7. The normalized spacial score (nSPS) is 12.2. The highest BCUT2D eigenvalue weighted by Gasteiger charge is 2.21. The van der Waals surface area contributed by atoms with Crippen molar-refractivity contribution in [3.05, 3.63) is 200 Å². The van der Waals surface area contributed by atoms with Gasteiger partial charge in [-0.15, -0.1) is 0 Å². The first-order chi connectivity index (χ1) is 28.3. The third kappa shape index (κ3) is 4.15. The van der Waals surface area contributed by atoms with Gasteiger partial charge in [0.15, 0.2) is 0 Å². The van der Waals surface area contributed by atoms with Crippen LogP contribution in [0.2, 0.25) is 0 Å². The summed E-state index contributed by atoms with van der Waals surface area (Å²) in [6.45, 7) is 0. The molecular weight excluding hydrogens is 691 g/mol. The average molecular weight is 724 g/mol. The summed E-state index contributed by atoms with van der Waals surface area (Å²) in [5.74, 6) is 0. The summed E-state index contributed by atoms with van der Waals surface area (Å²) in [7, 11) is 0. The van der Waals surface area contributed by atoms with Crippen LogP contribution in [0.3, 0.4) is 0 Å². The van der Waals surface area contributed by atoms with Crippen LogP contribution in [0.15, 0.2) is 200 Å². The van der Waals surface area contributed by atoms with Gasteiger partial charge in [-0.2, -0.15) is 0 Å². The second-order valence-electron chi connectivity index (χ2n) is 15.3. The summed E-state index contributed by atoms with van der Waals surface area (Å²) in [6, 6.07) is 73.7. The zero-order valence-electron chi connectivity index (χ0n) is 30.9. The minimum atomic E-state index is 1.13. The van der Waals surface area contributed by atoms with E-state index in [4.69, 9.17) is 0 Å². The fraction of sp³-hybridized carbons (Fsp3) is 0. The maximum atomic E-state index is 2.49. The van der Waals surface area contributed by atoms with E-state index in [1.165, 1.54) is 97.7 Å². The summed E-state index contributed by atoms with van der Waals surface area (Å²) in [4.78, 5) is 0. The molecule has 3 aromatic heterocycles. The van der Waals surface area contributed by atoms with Crippen molar-refractivity contribution in [1.29, 1.82) is 0 Å². The van der Waals surface area contributed by atoms with Crippen molar-refractivity contribution in [2.75, 3.05) is 0 Å². The van der Waals surface area contributed by atoms with Gasteiger partial charge in [-0.3, -0.25) is 0 Å². The van der Waals surface area contributed by atoms with Crippen molar-refractivity contribution in [1.82, 2.24) is 13.7 Å². The molecule has 0 amide bonds. The summed E-state index contributed by atoms with van der Waals surface area (Å²) >= 11 is 0. The number of para-hydroxylation sites is 4. The second kappa shape index (κ2) is 11.5. The van der Waals surface area contributed by atoms with E-state index in [1.807, 2.05) is 0 Å². The number of hydrogen-bond acceptors (Lipinski definition) is 0. The summed E-state index contributed by atoms with van der Waals surface area (Å²) in [5, 5.41) is 15.3. The third-order valence-electron chi connectivity index (χ3n) is 12.4. The van der Waals surface area contributed by atoms with Crippen molar-refractivity contribution in [2.24, 2.45) is 0 Å². The van der Waals surface area contributed by atoms with Gasteiger partial charge >= 0.3 is 0 Å². The molecule has 264 valence electrons. The van der Waals surface area contributed by atoms with Crippen molar-refractivity contribution >= 4 is 97.7 Å². The molecule has 0 radical (unpaired) electrons. The standard InChI is InChI=1S/C54H33N3/c1-2-15-35(16-3-1)55-47-23-11-8-18-39(47)45-32-46-40-19-9-12-24-48(40)56(51(46)33-50(45)55)36-27-29-37(30-28-36)57-49-25-13-10-22-43(49)53-42-21-7-6-20-41(42)52-38-17-5-4-14-34(38)26-31-44(52)54(53)57/h1-33H. The molecule has 3 heterocycles. The molecule has 0 aliphatic heterocycles. The van der Waals surface area contributed by atoms with Crippen LogP contribution < -0.4 is 0 Å². The molecule has 0 aliphatic rings. The van der Waals surface area contributed by atoms with Crippen LogP contribution in [-0.4, -0.2) is 13.7 Å². The molecule has 0 saturated heterocycles. The smallest absolute Gasteiger partial charge is 0.0626 e. The third-order valence-corrected chi connectivity index (χ3v) is 12.4. The van der Waals surface area contributed by atoms with Crippen LogP contribution >= 0.6 is 0 Å². The number of fused-ring (bicyclic) bond motifs is 16. The second-order valence-corrected chi connectivity index (χ2v) is 15.3. The Hall–Kier alpha value is -7.62. The largest absolute Gasteiger partial charge is 0.309 e. The maximum absolute atomic E-state index is 2.49. The Balaban J connectivity index is 1.09. The molecule has 13 rings (SSSR count). The molecule has 0 fully saturated rings. The molecule has 3 heteroatoms. The predicted molar refractivity (Wildman–Crippen MR) is 242 cm³/mol. The lowest BCUT2D eigenvalue weighted by atomic mass is 9.93. The lowest BCUT2D eigenvalue weighted by Crippen LogP contribution is -1.98. The Bertz CT molecular complexity index is 3790. The highest BCUT2D eigenvalue weighted by molar-refractivity contribution is 6.36. The number of rotatable bonds is 3. The lowest BCUT2D eigenvalue weighted by molar-refractivity contribution is 1.14. The predicted octanol–water partition coefficient (Wildman–Crippen LogP) is 14.4. The highest BCUT2D eigenvalue weighted by Crippen LogP contribution is 2.45. The maximum Gasteiger partial charge on any atom is 0.0626 e. The van der Waals surface area contributed by atoms with Gasteiger partial charge < -0.3 is 13.7 Å². The molecule has 13 aromatic rings. The zero-order valence-corrected chi connectivity index (χ0v) is 30.9. The van der Waals surface area contributed by atoms with Gasteiger partial charge in [0.1, 0.15) is 0 Å². The molecular formula is C54H33N3. The molecule has 0 unspecified atom stereocenters. The van der Waals surface area contributed by atoms with Gasteiger partial charge in [-0.05, 0) is 93.7 Å². The fourth-order valence-electron chi connectivity index (χ4n) is 10.0. The van der Waals surface area contributed by atoms with E-state index in [1.54, 1.807) is 0 Å². The number of nitrogens with zero attached hydrogens (tertiary/aromatic N) is 3. The van der Waals surface area contributed by atoms with E-state index in [-0.39, 0.29) is 0 Å². The summed E-state index contributed by atoms with van der Waals surface area (Å²) in [5.41, 5.74) is 10.7. The minimum Gasteiger partial charge on any atom is -0.309 e. The molecule has 0 saturated carbocycles. The van der Waals surface area contributed by atoms with Gasteiger partial charge in [0.05, 0.1) is 33.1 Å². The average Bonchev–Trinajstić information content (AvgIpc) is 3.91. The summed E-state index contributed by atoms with van der Waals surface area (Å²) < 4.78 is 7.35. The van der Waals surface area contributed by atoms with Crippen LogP contribution in [0.1, 0.15) is 0 Å². The molecule has 0 N–H and O–H groups in total. The SMILES string of the molecule is c1ccc(-n2c3ccccc3c3cc4c5ccccc5n(-c5ccc(-n6c7ccccc7c7c8ccccc8c8c9ccccc9ccc8c76)cc5)c4cc32)cc1. The monoisotopic (exact) mass is 723 g/mol. The molecule has 3 nitrogen and oxygen atoms in total. The van der Waals surface area contributed by atoms with E-state index in [0.29, 0.717) is 0 Å². The van der Waals surface area contributed by atoms with E-state index >= 15 is 0 Å². The Morgan fingerprint density at radius 3 is 1.32 bits per heavy atom. The van der Waals surface area contributed by atoms with Crippen LogP contribution in [0.4, 0.5) is 0 Å². The summed E-state index contributed by atoms with van der Waals surface area (Å²) in [6.07, 6.45) is 0. The fourth-order valence-corrected chi connectivity index (χ4v) is 10.0. The molecule has 0 bridgehead atoms. The Labute approximate surface area is 327 Å². The molecule has 10 aromatic carbocycles. The van der Waals surface area contributed by atoms with Crippen LogP contribution in [0.25, 0.3) is 115 Å². The van der Waals surface area contributed by atoms with Gasteiger partial charge in [0.25, 0.3) is 0 Å². The van der Waals surface area contributed by atoms with Crippen LogP contribution in [0.5, 0.6) is 0 Å². The Morgan fingerprint density at radius 1 is 0.228 bits per heavy atom. The van der Waals surface area contributed by atoms with E-state index < -0.39 is 0 Å². The van der Waals surface area contributed by atoms with E-state index in [9.17, 15) is 0 Å². The topological polar surface area (TPSA) is 14.8 Å². The molecule has 0 spiro atoms. The number of aromatic nitrogens is 3. The van der Waals surface area contributed by atoms with Gasteiger partial charge in [0.2, 0.25) is 0 Å². The first-order valence-electron chi connectivity index (χ1n) is 19.7. The minimum absolute atomic E-state index is 1.13. The number of benzene rings is 10. The Kier molecular flexibility index (Phi) is 6.16. The van der Waals surface area contributed by atoms with Crippen molar-refractivity contribution < 1.29 is 0 Å². The van der Waals surface area contributed by atoms with Crippen LogP contribution in [0, 0.1) is 0 Å². The van der Waals surface area contributed by atoms with Crippen molar-refractivity contribution in [3.8, 4) is 17.1 Å². The highest BCUT2D eigenvalue weighted by atomic mass is 15.0. The lowest BCUT2D eigenvalue weighted by Gasteiger charge is -2.15. The van der Waals surface area contributed by atoms with Gasteiger partial charge in [0, 0.05) is 54.8 Å². The zero-order chi connectivity index (χ0) is 37.2. The molecule has 0 aliphatic carbocycles.